The van der Waals surface area contributed by atoms with Crippen molar-refractivity contribution in [2.75, 3.05) is 5.32 Å². The van der Waals surface area contributed by atoms with Crippen molar-refractivity contribution in [2.45, 2.75) is 20.0 Å². The molecule has 1 amide bonds. The molecule has 0 bridgehead atoms. The molecule has 0 radical (unpaired) electrons. The third-order valence-electron chi connectivity index (χ3n) is 3.55. The molecule has 0 saturated carbocycles. The lowest BCUT2D eigenvalue weighted by molar-refractivity contribution is -0.116. The molecule has 2 aromatic heterocycles. The average molecular weight is 433 g/mol. The summed E-state index contributed by atoms with van der Waals surface area (Å²) < 4.78 is 3.00. The Balaban J connectivity index is 1.71. The van der Waals surface area contributed by atoms with Gasteiger partial charge in [-0.3, -0.25) is 14.2 Å². The van der Waals surface area contributed by atoms with Crippen LogP contribution in [0, 0.1) is 6.92 Å². The van der Waals surface area contributed by atoms with Gasteiger partial charge in [-0.05, 0) is 19.1 Å². The van der Waals surface area contributed by atoms with Crippen molar-refractivity contribution in [3.63, 3.8) is 0 Å². The van der Waals surface area contributed by atoms with Crippen molar-refractivity contribution < 1.29 is 4.79 Å². The number of aryl methyl sites for hydroxylation is 1. The summed E-state index contributed by atoms with van der Waals surface area (Å²) in [6, 6.07) is 5.25. The van der Waals surface area contributed by atoms with Crippen LogP contribution in [0.2, 0.25) is 20.1 Å². The van der Waals surface area contributed by atoms with Crippen molar-refractivity contribution >= 4 is 58.1 Å². The Morgan fingerprint density at radius 2 is 1.65 bits per heavy atom. The van der Waals surface area contributed by atoms with Gasteiger partial charge in [-0.2, -0.15) is 10.2 Å². The number of aromatic nitrogens is 4. The van der Waals surface area contributed by atoms with Gasteiger partial charge < -0.3 is 5.32 Å². The largest absolute Gasteiger partial charge is 0.306 e. The zero-order valence-electron chi connectivity index (χ0n) is 13.5. The fourth-order valence-electron chi connectivity index (χ4n) is 2.30. The summed E-state index contributed by atoms with van der Waals surface area (Å²) in [7, 11) is 0. The number of nitrogens with zero attached hydrogens (tertiary/aromatic N) is 4. The minimum Gasteiger partial charge on any atom is -0.306 e. The summed E-state index contributed by atoms with van der Waals surface area (Å²) in [5, 5.41) is 12.9. The predicted molar refractivity (Wildman–Crippen MR) is 103 cm³/mol. The van der Waals surface area contributed by atoms with Gasteiger partial charge in [0.25, 0.3) is 0 Å². The topological polar surface area (TPSA) is 64.7 Å². The molecule has 0 aliphatic heterocycles. The van der Waals surface area contributed by atoms with Gasteiger partial charge in [0, 0.05) is 28.0 Å². The smallest absolute Gasteiger partial charge is 0.247 e. The van der Waals surface area contributed by atoms with Crippen LogP contribution in [0.25, 0.3) is 0 Å². The van der Waals surface area contributed by atoms with E-state index in [2.05, 4.69) is 15.5 Å². The van der Waals surface area contributed by atoms with Gasteiger partial charge in [0.2, 0.25) is 5.91 Å². The van der Waals surface area contributed by atoms with Crippen LogP contribution in [0.3, 0.4) is 0 Å². The lowest BCUT2D eigenvalue weighted by atomic mass is 10.2. The number of anilines is 1. The molecule has 6 nitrogen and oxygen atoms in total. The predicted octanol–water partition coefficient (Wildman–Crippen LogP) is 4.69. The van der Waals surface area contributed by atoms with Gasteiger partial charge in [0.05, 0.1) is 17.3 Å². The molecule has 0 fully saturated rings. The fraction of sp³-hybridized carbons (Fsp3) is 0.188. The molecule has 0 unspecified atom stereocenters. The van der Waals surface area contributed by atoms with Gasteiger partial charge in [0.1, 0.15) is 11.6 Å². The minimum atomic E-state index is -0.327. The maximum atomic E-state index is 12.2. The highest BCUT2D eigenvalue weighted by Gasteiger charge is 2.14. The lowest BCUT2D eigenvalue weighted by Crippen LogP contribution is -2.19. The normalized spacial score (nSPS) is 11.0. The van der Waals surface area contributed by atoms with Crippen LogP contribution in [0.15, 0.2) is 30.6 Å². The van der Waals surface area contributed by atoms with E-state index < -0.39 is 0 Å². The van der Waals surface area contributed by atoms with Crippen LogP contribution in [-0.4, -0.2) is 25.5 Å². The van der Waals surface area contributed by atoms with Crippen molar-refractivity contribution in [2.24, 2.45) is 0 Å². The molecule has 2 heterocycles. The molecule has 1 N–H and O–H groups in total. The quantitative estimate of drug-likeness (QED) is 0.635. The highest BCUT2D eigenvalue weighted by Crippen LogP contribution is 2.26. The number of carbonyl (C=O) groups is 1. The van der Waals surface area contributed by atoms with E-state index in [9.17, 15) is 4.79 Å². The number of rotatable bonds is 5. The summed E-state index contributed by atoms with van der Waals surface area (Å²) in [5.41, 5.74) is 1.37. The molecule has 0 spiro atoms. The summed E-state index contributed by atoms with van der Waals surface area (Å²) in [6.45, 7) is 2.07. The van der Waals surface area contributed by atoms with Crippen molar-refractivity contribution in [3.05, 3.63) is 61.9 Å². The summed E-state index contributed by atoms with van der Waals surface area (Å²) in [5.74, 6) is -0.0816. The zero-order chi connectivity index (χ0) is 18.8. The summed E-state index contributed by atoms with van der Waals surface area (Å²) >= 11 is 24.4. The van der Waals surface area contributed by atoms with E-state index in [0.29, 0.717) is 32.3 Å². The van der Waals surface area contributed by atoms with Gasteiger partial charge >= 0.3 is 0 Å². The van der Waals surface area contributed by atoms with Crippen LogP contribution in [0.1, 0.15) is 11.3 Å². The van der Waals surface area contributed by atoms with E-state index >= 15 is 0 Å². The Bertz CT molecular complexity index is 926. The Kier molecular flexibility index (Phi) is 5.77. The maximum Gasteiger partial charge on any atom is 0.247 e. The third-order valence-corrected chi connectivity index (χ3v) is 4.90. The maximum absolute atomic E-state index is 12.2. The first-order valence-corrected chi connectivity index (χ1v) is 9.00. The second-order valence-electron chi connectivity index (χ2n) is 5.53. The summed E-state index contributed by atoms with van der Waals surface area (Å²) in [4.78, 5) is 12.2. The number of benzene rings is 1. The van der Waals surface area contributed by atoms with Crippen LogP contribution in [0.4, 0.5) is 5.82 Å². The van der Waals surface area contributed by atoms with Crippen molar-refractivity contribution in [1.29, 1.82) is 0 Å². The van der Waals surface area contributed by atoms with Crippen LogP contribution >= 0.6 is 46.4 Å². The average Bonchev–Trinajstić information content (AvgIpc) is 3.05. The van der Waals surface area contributed by atoms with Gasteiger partial charge in [-0.15, -0.1) is 0 Å². The molecule has 0 aliphatic carbocycles. The monoisotopic (exact) mass is 431 g/mol. The Morgan fingerprint density at radius 3 is 2.27 bits per heavy atom. The minimum absolute atomic E-state index is 0.00685. The molecule has 136 valence electrons. The van der Waals surface area contributed by atoms with Gasteiger partial charge in [0.15, 0.2) is 5.82 Å². The highest BCUT2D eigenvalue weighted by molar-refractivity contribution is 6.36. The zero-order valence-corrected chi connectivity index (χ0v) is 16.5. The Morgan fingerprint density at radius 1 is 1.00 bits per heavy atom. The van der Waals surface area contributed by atoms with E-state index in [-0.39, 0.29) is 18.3 Å². The molecule has 3 aromatic rings. The Hall–Kier alpha value is -1.73. The van der Waals surface area contributed by atoms with Crippen LogP contribution in [0.5, 0.6) is 0 Å². The van der Waals surface area contributed by atoms with Gasteiger partial charge in [-0.25, -0.2) is 0 Å². The van der Waals surface area contributed by atoms with Crippen LogP contribution in [-0.2, 0) is 17.9 Å². The van der Waals surface area contributed by atoms with Crippen LogP contribution < -0.4 is 5.32 Å². The number of hydrogen-bond acceptors (Lipinski definition) is 3. The first kappa shape index (κ1) is 19.0. The third kappa shape index (κ3) is 4.32. The summed E-state index contributed by atoms with van der Waals surface area (Å²) in [6.07, 6.45) is 3.17. The van der Waals surface area contributed by atoms with E-state index in [1.165, 1.54) is 4.68 Å². The van der Waals surface area contributed by atoms with E-state index in [0.717, 1.165) is 5.56 Å². The molecule has 26 heavy (non-hydrogen) atoms. The number of carbonyl (C=O) groups excluding carboxylic acids is 1. The SMILES string of the molecule is Cc1nn(CC(=O)Nc2nn(Cc3c(Cl)cccc3Cl)cc2Cl)cc1Cl. The van der Waals surface area contributed by atoms with E-state index in [1.54, 1.807) is 42.2 Å². The second kappa shape index (κ2) is 7.88. The number of nitrogens with one attached hydrogen (secondary N) is 1. The van der Waals surface area contributed by atoms with Crippen molar-refractivity contribution in [3.8, 4) is 0 Å². The highest BCUT2D eigenvalue weighted by atomic mass is 35.5. The van der Waals surface area contributed by atoms with Gasteiger partial charge in [-0.1, -0.05) is 52.5 Å². The van der Waals surface area contributed by atoms with Crippen molar-refractivity contribution in [1.82, 2.24) is 19.6 Å². The number of halogens is 4. The van der Waals surface area contributed by atoms with E-state index in [1.807, 2.05) is 0 Å². The Labute approximate surface area is 169 Å². The number of hydrogen-bond donors (Lipinski definition) is 1. The molecule has 10 heteroatoms. The molecule has 0 atom stereocenters. The molecular formula is C16H13Cl4N5O. The van der Waals surface area contributed by atoms with E-state index in [4.69, 9.17) is 46.4 Å². The number of amides is 1. The first-order valence-electron chi connectivity index (χ1n) is 7.48. The molecular weight excluding hydrogens is 420 g/mol. The first-order chi connectivity index (χ1) is 12.3. The lowest BCUT2D eigenvalue weighted by Gasteiger charge is -2.07. The second-order valence-corrected chi connectivity index (χ2v) is 7.16. The molecule has 3 rings (SSSR count). The molecule has 0 aliphatic rings. The fourth-order valence-corrected chi connectivity index (χ4v) is 3.17. The molecule has 0 saturated heterocycles. The molecule has 1 aromatic carbocycles. The standard InChI is InChI=1S/C16H13Cl4N5O/c1-9-13(19)6-25(22-9)8-15(26)21-16-14(20)7-24(23-16)5-10-11(17)3-2-4-12(10)18/h2-4,6-7H,5,8H2,1H3,(H,21,23,26).